The molecule has 0 amide bonds. The van der Waals surface area contributed by atoms with Gasteiger partial charge in [-0.05, 0) is 61.6 Å². The Morgan fingerprint density at radius 1 is 1.32 bits per heavy atom. The number of aromatic carboxylic acids is 1. The Hall–Kier alpha value is -2.83. The third-order valence-electron chi connectivity index (χ3n) is 7.11. The van der Waals surface area contributed by atoms with Crippen LogP contribution >= 0.6 is 0 Å². The third kappa shape index (κ3) is 3.30. The number of piperidine rings is 1. The fraction of sp³-hybridized carbons (Fsp3) is 0.400. The summed E-state index contributed by atoms with van der Waals surface area (Å²) in [5, 5.41) is 10.5. The van der Waals surface area contributed by atoms with E-state index < -0.39 is 5.97 Å². The molecule has 2 bridgehead atoms. The number of rotatable bonds is 5. The summed E-state index contributed by atoms with van der Waals surface area (Å²) in [5.74, 6) is 0.0174. The van der Waals surface area contributed by atoms with Crippen LogP contribution in [0.15, 0.2) is 42.6 Å². The maximum Gasteiger partial charge on any atom is 0.335 e. The van der Waals surface area contributed by atoms with Gasteiger partial charge in [-0.15, -0.1) is 0 Å². The van der Waals surface area contributed by atoms with Crippen molar-refractivity contribution in [1.29, 1.82) is 0 Å². The lowest BCUT2D eigenvalue weighted by molar-refractivity contribution is -0.120. The van der Waals surface area contributed by atoms with Crippen molar-refractivity contribution < 1.29 is 19.4 Å². The van der Waals surface area contributed by atoms with E-state index in [0.717, 1.165) is 43.6 Å². The maximum atomic E-state index is 11.4. The molecule has 2 atom stereocenters. The molecule has 0 saturated carbocycles. The quantitative estimate of drug-likeness (QED) is 0.637. The van der Waals surface area contributed by atoms with Crippen molar-refractivity contribution in [2.24, 2.45) is 0 Å². The minimum Gasteiger partial charge on any atom is -0.496 e. The minimum atomic E-state index is -0.895. The molecule has 2 saturated heterocycles. The first-order valence-corrected chi connectivity index (χ1v) is 10.9. The summed E-state index contributed by atoms with van der Waals surface area (Å²) in [5.41, 5.74) is 4.83. The molecule has 6 nitrogen and oxygen atoms in total. The van der Waals surface area contributed by atoms with Crippen molar-refractivity contribution in [3.63, 3.8) is 0 Å². The summed E-state index contributed by atoms with van der Waals surface area (Å²) >= 11 is 0. The molecule has 0 unspecified atom stereocenters. The van der Waals surface area contributed by atoms with Gasteiger partial charge in [0.25, 0.3) is 0 Å². The highest BCUT2D eigenvalue weighted by atomic mass is 16.5. The number of nitrogens with one attached hydrogen (secondary N) is 1. The Morgan fingerprint density at radius 3 is 2.87 bits per heavy atom. The van der Waals surface area contributed by atoms with Crippen LogP contribution in [0.4, 0.5) is 0 Å². The number of fused-ring (bicyclic) bond motifs is 3. The van der Waals surface area contributed by atoms with Crippen LogP contribution < -0.4 is 4.74 Å². The van der Waals surface area contributed by atoms with Gasteiger partial charge >= 0.3 is 5.97 Å². The predicted octanol–water partition coefficient (Wildman–Crippen LogP) is 4.46. The van der Waals surface area contributed by atoms with E-state index in [1.165, 1.54) is 22.1 Å². The highest BCUT2D eigenvalue weighted by Crippen LogP contribution is 2.46. The molecule has 1 aromatic heterocycles. The fourth-order valence-corrected chi connectivity index (χ4v) is 5.49. The molecule has 2 fully saturated rings. The zero-order chi connectivity index (χ0) is 21.6. The molecule has 5 rings (SSSR count). The van der Waals surface area contributed by atoms with Gasteiger partial charge < -0.3 is 19.6 Å². The summed E-state index contributed by atoms with van der Waals surface area (Å²) in [6.45, 7) is 4.51. The zero-order valence-electron chi connectivity index (χ0n) is 18.0. The number of carbonyl (C=O) groups is 1. The number of ether oxygens (including phenoxy) is 2. The first kappa shape index (κ1) is 20.1. The van der Waals surface area contributed by atoms with Gasteiger partial charge in [0.1, 0.15) is 5.75 Å². The van der Waals surface area contributed by atoms with Gasteiger partial charge in [-0.25, -0.2) is 4.79 Å². The van der Waals surface area contributed by atoms with Crippen LogP contribution in [0.2, 0.25) is 0 Å². The number of aromatic amines is 1. The Morgan fingerprint density at radius 2 is 2.13 bits per heavy atom. The van der Waals surface area contributed by atoms with Gasteiger partial charge in [0.05, 0.1) is 24.3 Å². The number of likely N-dealkylation sites (tertiary alicyclic amines) is 1. The van der Waals surface area contributed by atoms with Crippen molar-refractivity contribution in [2.45, 2.75) is 44.4 Å². The van der Waals surface area contributed by atoms with Crippen molar-refractivity contribution in [2.75, 3.05) is 20.3 Å². The zero-order valence-corrected chi connectivity index (χ0v) is 18.0. The van der Waals surface area contributed by atoms with Crippen LogP contribution in [-0.4, -0.2) is 47.3 Å². The third-order valence-corrected chi connectivity index (χ3v) is 7.11. The smallest absolute Gasteiger partial charge is 0.335 e. The lowest BCUT2D eigenvalue weighted by atomic mass is 9.75. The van der Waals surface area contributed by atoms with Crippen molar-refractivity contribution in [3.8, 4) is 5.75 Å². The molecule has 3 heterocycles. The average Bonchev–Trinajstić information content (AvgIpc) is 3.28. The Bertz CT molecular complexity index is 1120. The number of nitrogens with zero attached hydrogens (tertiary/aromatic N) is 1. The Kier molecular flexibility index (Phi) is 4.99. The number of hydrogen-bond acceptors (Lipinski definition) is 4. The highest BCUT2D eigenvalue weighted by molar-refractivity contribution is 5.88. The van der Waals surface area contributed by atoms with E-state index in [4.69, 9.17) is 9.47 Å². The van der Waals surface area contributed by atoms with E-state index in [0.29, 0.717) is 12.2 Å². The summed E-state index contributed by atoms with van der Waals surface area (Å²) < 4.78 is 11.8. The number of hydrogen-bond donors (Lipinski definition) is 2. The van der Waals surface area contributed by atoms with Gasteiger partial charge in [-0.2, -0.15) is 0 Å². The second kappa shape index (κ2) is 7.70. The lowest BCUT2D eigenvalue weighted by Gasteiger charge is -2.53. The lowest BCUT2D eigenvalue weighted by Crippen LogP contribution is -2.56. The summed E-state index contributed by atoms with van der Waals surface area (Å²) in [7, 11) is 1.73. The second-order valence-electron chi connectivity index (χ2n) is 8.71. The monoisotopic (exact) mass is 420 g/mol. The number of aryl methyl sites for hydroxylation is 1. The molecular weight excluding hydrogens is 392 g/mol. The van der Waals surface area contributed by atoms with E-state index in [2.05, 4.69) is 28.9 Å². The first-order chi connectivity index (χ1) is 15.0. The number of H-pyrrole nitrogens is 1. The molecule has 2 aliphatic rings. The fourth-order valence-electron chi connectivity index (χ4n) is 5.49. The SMILES string of the molecule is COc1cc(C)c2[nH]ccc2c1CN1CC[C@@H]2C[C@@]1(c1ccc(C(=O)O)cc1)CCO2. The van der Waals surface area contributed by atoms with E-state index in [-0.39, 0.29) is 11.6 Å². The summed E-state index contributed by atoms with van der Waals surface area (Å²) in [6.07, 6.45) is 5.04. The molecule has 0 aliphatic carbocycles. The van der Waals surface area contributed by atoms with Crippen molar-refractivity contribution in [1.82, 2.24) is 9.88 Å². The van der Waals surface area contributed by atoms with Crippen LogP contribution in [0, 0.1) is 6.92 Å². The van der Waals surface area contributed by atoms with Crippen molar-refractivity contribution >= 4 is 16.9 Å². The predicted molar refractivity (Wildman–Crippen MR) is 119 cm³/mol. The topological polar surface area (TPSA) is 74.8 Å². The number of aromatic nitrogens is 1. The maximum absolute atomic E-state index is 11.4. The molecule has 0 spiro atoms. The van der Waals surface area contributed by atoms with E-state index in [1.807, 2.05) is 18.3 Å². The largest absolute Gasteiger partial charge is 0.496 e. The van der Waals surface area contributed by atoms with Crippen LogP contribution in [0.25, 0.3) is 10.9 Å². The van der Waals surface area contributed by atoms with E-state index >= 15 is 0 Å². The minimum absolute atomic E-state index is 0.170. The van der Waals surface area contributed by atoms with Gasteiger partial charge in [-0.1, -0.05) is 12.1 Å². The average molecular weight is 421 g/mol. The molecular formula is C25H28N2O4. The van der Waals surface area contributed by atoms with Crippen LogP contribution in [0.3, 0.4) is 0 Å². The molecule has 0 radical (unpaired) electrons. The normalized spacial score (nSPS) is 23.7. The Labute approximate surface area is 181 Å². The number of methoxy groups -OCH3 is 1. The molecule has 162 valence electrons. The van der Waals surface area contributed by atoms with Gasteiger partial charge in [-0.3, -0.25) is 4.90 Å². The first-order valence-electron chi connectivity index (χ1n) is 10.9. The second-order valence-corrected chi connectivity index (χ2v) is 8.71. The van der Waals surface area contributed by atoms with Crippen molar-refractivity contribution in [3.05, 3.63) is 64.8 Å². The summed E-state index contributed by atoms with van der Waals surface area (Å²) in [6, 6.07) is 11.7. The molecule has 2 aromatic carbocycles. The summed E-state index contributed by atoms with van der Waals surface area (Å²) in [4.78, 5) is 17.3. The number of benzene rings is 2. The van der Waals surface area contributed by atoms with Gasteiger partial charge in [0.15, 0.2) is 0 Å². The molecule has 31 heavy (non-hydrogen) atoms. The van der Waals surface area contributed by atoms with E-state index in [9.17, 15) is 9.90 Å². The van der Waals surface area contributed by atoms with Crippen LogP contribution in [0.5, 0.6) is 5.75 Å². The van der Waals surface area contributed by atoms with Crippen LogP contribution in [-0.2, 0) is 16.8 Å². The number of carboxylic acid groups (broad SMARTS) is 1. The standard InChI is InChI=1S/C25H28N2O4/c1-16-13-22(30-2)21(20-7-10-26-23(16)20)15-27-11-8-19-14-25(27,9-12-31-19)18-5-3-17(4-6-18)24(28)29/h3-7,10,13,19,26H,8-9,11-12,14-15H2,1-2H3,(H,28,29)/t19-,25-/m1/s1. The number of carboxylic acids is 1. The molecule has 3 aromatic rings. The molecule has 2 N–H and O–H groups in total. The molecule has 6 heteroatoms. The van der Waals surface area contributed by atoms with Crippen LogP contribution in [0.1, 0.15) is 46.3 Å². The molecule has 2 aliphatic heterocycles. The highest BCUT2D eigenvalue weighted by Gasteiger charge is 2.46. The van der Waals surface area contributed by atoms with Gasteiger partial charge in [0, 0.05) is 42.4 Å². The van der Waals surface area contributed by atoms with Gasteiger partial charge in [0.2, 0.25) is 0 Å². The van der Waals surface area contributed by atoms with E-state index in [1.54, 1.807) is 19.2 Å². The Balaban J connectivity index is 1.58.